The summed E-state index contributed by atoms with van der Waals surface area (Å²) < 4.78 is 1.71. The second-order valence-corrected chi connectivity index (χ2v) is 6.98. The molecule has 0 radical (unpaired) electrons. The van der Waals surface area contributed by atoms with E-state index in [1.54, 1.807) is 25.7 Å². The molecule has 8 heteroatoms. The van der Waals surface area contributed by atoms with Crippen molar-refractivity contribution >= 4 is 28.3 Å². The normalized spacial score (nSPS) is 10.6. The van der Waals surface area contributed by atoms with E-state index in [-0.39, 0.29) is 11.8 Å². The van der Waals surface area contributed by atoms with E-state index in [0.29, 0.717) is 21.3 Å². The predicted molar refractivity (Wildman–Crippen MR) is 101 cm³/mol. The van der Waals surface area contributed by atoms with Gasteiger partial charge in [-0.1, -0.05) is 29.5 Å². The lowest BCUT2D eigenvalue weighted by molar-refractivity contribution is 0.0831. The quantitative estimate of drug-likeness (QED) is 0.767. The topological polar surface area (TPSA) is 80.1 Å². The van der Waals surface area contributed by atoms with Gasteiger partial charge in [0.1, 0.15) is 4.88 Å². The van der Waals surface area contributed by atoms with Crippen LogP contribution in [0.3, 0.4) is 0 Å². The summed E-state index contributed by atoms with van der Waals surface area (Å²) in [7, 11) is 3.36. The molecule has 7 nitrogen and oxygen atoms in total. The van der Waals surface area contributed by atoms with Crippen LogP contribution in [0.25, 0.3) is 5.69 Å². The van der Waals surface area contributed by atoms with Crippen molar-refractivity contribution in [3.8, 4) is 5.69 Å². The van der Waals surface area contributed by atoms with Gasteiger partial charge in [-0.3, -0.25) is 14.9 Å². The largest absolute Gasteiger partial charge is 0.344 e. The lowest BCUT2D eigenvalue weighted by Gasteiger charge is -2.07. The molecule has 3 aromatic rings. The maximum absolute atomic E-state index is 12.6. The molecule has 0 aliphatic heterocycles. The van der Waals surface area contributed by atoms with Gasteiger partial charge in [0, 0.05) is 14.1 Å². The van der Waals surface area contributed by atoms with Crippen LogP contribution in [0.2, 0.25) is 0 Å². The van der Waals surface area contributed by atoms with E-state index in [9.17, 15) is 9.59 Å². The number of hydrogen-bond acceptors (Lipinski definition) is 5. The van der Waals surface area contributed by atoms with E-state index < -0.39 is 0 Å². The Hall–Kier alpha value is -3.00. The maximum atomic E-state index is 12.6. The van der Waals surface area contributed by atoms with Crippen LogP contribution in [-0.2, 0) is 0 Å². The molecule has 0 atom stereocenters. The first-order valence-corrected chi connectivity index (χ1v) is 8.80. The van der Waals surface area contributed by atoms with Gasteiger partial charge in [-0.2, -0.15) is 5.10 Å². The van der Waals surface area contributed by atoms with Crippen LogP contribution in [0.4, 0.5) is 5.13 Å². The van der Waals surface area contributed by atoms with Gasteiger partial charge in [0.05, 0.1) is 28.8 Å². The highest BCUT2D eigenvalue weighted by Gasteiger charge is 2.20. The van der Waals surface area contributed by atoms with Crippen molar-refractivity contribution in [3.05, 3.63) is 58.4 Å². The highest BCUT2D eigenvalue weighted by atomic mass is 32.1. The predicted octanol–water partition coefficient (Wildman–Crippen LogP) is 2.90. The average Bonchev–Trinajstić information content (AvgIpc) is 3.17. The first kappa shape index (κ1) is 17.8. The van der Waals surface area contributed by atoms with Crippen molar-refractivity contribution in [2.75, 3.05) is 19.4 Å². The Labute approximate surface area is 155 Å². The van der Waals surface area contributed by atoms with Crippen LogP contribution in [-0.4, -0.2) is 45.6 Å². The summed E-state index contributed by atoms with van der Waals surface area (Å²) in [5.41, 5.74) is 2.67. The number of aryl methyl sites for hydroxylation is 1. The van der Waals surface area contributed by atoms with Crippen molar-refractivity contribution in [1.82, 2.24) is 19.7 Å². The van der Waals surface area contributed by atoms with Gasteiger partial charge >= 0.3 is 0 Å². The zero-order valence-corrected chi connectivity index (χ0v) is 15.8. The number of rotatable bonds is 4. The fraction of sp³-hybridized carbons (Fsp3) is 0.222. The third-order valence-electron chi connectivity index (χ3n) is 3.87. The van der Waals surface area contributed by atoms with Crippen LogP contribution in [0.5, 0.6) is 0 Å². The number of nitrogens with zero attached hydrogens (tertiary/aromatic N) is 4. The van der Waals surface area contributed by atoms with E-state index in [4.69, 9.17) is 0 Å². The number of thiazole rings is 1. The first-order chi connectivity index (χ1) is 12.4. The Bertz CT molecular complexity index is 959. The Balaban J connectivity index is 1.83. The number of benzene rings is 1. The molecule has 2 amide bonds. The Morgan fingerprint density at radius 1 is 1.15 bits per heavy atom. The number of amides is 2. The van der Waals surface area contributed by atoms with Gasteiger partial charge in [-0.15, -0.1) is 0 Å². The number of carbonyl (C=O) groups is 2. The molecule has 0 bridgehead atoms. The number of hydrogen-bond donors (Lipinski definition) is 1. The standard InChI is InChI=1S/C18H19N5O2S/c1-11-15(17(25)22(3)4)26-18(20-11)21-16(24)14-10-19-23(12(14)2)13-8-6-5-7-9-13/h5-10H,1-4H3,(H,20,21,24). The van der Waals surface area contributed by atoms with Crippen molar-refractivity contribution in [1.29, 1.82) is 0 Å². The van der Waals surface area contributed by atoms with Crippen LogP contribution < -0.4 is 5.32 Å². The smallest absolute Gasteiger partial charge is 0.265 e. The molecular formula is C18H19N5O2S. The highest BCUT2D eigenvalue weighted by Crippen LogP contribution is 2.24. The molecule has 134 valence electrons. The van der Waals surface area contributed by atoms with Crippen LogP contribution >= 0.6 is 11.3 Å². The number of aromatic nitrogens is 3. The van der Waals surface area contributed by atoms with E-state index in [1.807, 2.05) is 37.3 Å². The Morgan fingerprint density at radius 3 is 2.50 bits per heavy atom. The Morgan fingerprint density at radius 2 is 1.85 bits per heavy atom. The second-order valence-electron chi connectivity index (χ2n) is 5.98. The van der Waals surface area contributed by atoms with Crippen LogP contribution in [0, 0.1) is 13.8 Å². The molecule has 0 aliphatic carbocycles. The van der Waals surface area contributed by atoms with Crippen LogP contribution in [0.1, 0.15) is 31.4 Å². The highest BCUT2D eigenvalue weighted by molar-refractivity contribution is 7.17. The first-order valence-electron chi connectivity index (χ1n) is 7.99. The third kappa shape index (κ3) is 3.36. The van der Waals surface area contributed by atoms with E-state index in [0.717, 1.165) is 11.4 Å². The fourth-order valence-corrected chi connectivity index (χ4v) is 3.46. The average molecular weight is 369 g/mol. The van der Waals surface area contributed by atoms with E-state index >= 15 is 0 Å². The lowest BCUT2D eigenvalue weighted by Crippen LogP contribution is -2.21. The molecule has 0 unspecified atom stereocenters. The molecule has 0 fully saturated rings. The molecule has 1 N–H and O–H groups in total. The van der Waals surface area contributed by atoms with Gasteiger partial charge in [-0.25, -0.2) is 9.67 Å². The molecule has 0 saturated heterocycles. The van der Waals surface area contributed by atoms with Gasteiger partial charge in [0.15, 0.2) is 5.13 Å². The SMILES string of the molecule is Cc1nc(NC(=O)c2cnn(-c3ccccc3)c2C)sc1C(=O)N(C)C. The molecule has 0 saturated carbocycles. The number of nitrogens with one attached hydrogen (secondary N) is 1. The number of anilines is 1. The van der Waals surface area contributed by atoms with Crippen molar-refractivity contribution in [3.63, 3.8) is 0 Å². The Kier molecular flexibility index (Phi) is 4.85. The van der Waals surface area contributed by atoms with E-state index in [2.05, 4.69) is 15.4 Å². The number of para-hydroxylation sites is 1. The zero-order chi connectivity index (χ0) is 18.8. The minimum absolute atomic E-state index is 0.131. The molecule has 3 rings (SSSR count). The monoisotopic (exact) mass is 369 g/mol. The fourth-order valence-electron chi connectivity index (χ4n) is 2.48. The van der Waals surface area contributed by atoms with Gasteiger partial charge < -0.3 is 4.90 Å². The molecule has 2 heterocycles. The van der Waals surface area contributed by atoms with Gasteiger partial charge in [0.25, 0.3) is 11.8 Å². The van der Waals surface area contributed by atoms with Gasteiger partial charge in [-0.05, 0) is 26.0 Å². The molecule has 1 aromatic carbocycles. The van der Waals surface area contributed by atoms with E-state index in [1.165, 1.54) is 22.4 Å². The lowest BCUT2D eigenvalue weighted by atomic mass is 10.2. The summed E-state index contributed by atoms with van der Waals surface area (Å²) >= 11 is 1.17. The minimum atomic E-state index is -0.303. The molecule has 0 aliphatic rings. The summed E-state index contributed by atoms with van der Waals surface area (Å²) in [4.78, 5) is 31.0. The third-order valence-corrected chi connectivity index (χ3v) is 4.93. The number of carbonyl (C=O) groups excluding carboxylic acids is 2. The maximum Gasteiger partial charge on any atom is 0.265 e. The van der Waals surface area contributed by atoms with Crippen molar-refractivity contribution in [2.24, 2.45) is 0 Å². The second kappa shape index (κ2) is 7.09. The van der Waals surface area contributed by atoms with Crippen LogP contribution in [0.15, 0.2) is 36.5 Å². The molecular weight excluding hydrogens is 350 g/mol. The van der Waals surface area contributed by atoms with Crippen molar-refractivity contribution in [2.45, 2.75) is 13.8 Å². The summed E-state index contributed by atoms with van der Waals surface area (Å²) in [6, 6.07) is 9.60. The summed E-state index contributed by atoms with van der Waals surface area (Å²) in [6.45, 7) is 3.59. The minimum Gasteiger partial charge on any atom is -0.344 e. The summed E-state index contributed by atoms with van der Waals surface area (Å²) in [5, 5.41) is 7.46. The summed E-state index contributed by atoms with van der Waals surface area (Å²) in [5.74, 6) is -0.434. The van der Waals surface area contributed by atoms with Crippen molar-refractivity contribution < 1.29 is 9.59 Å². The molecule has 0 spiro atoms. The zero-order valence-electron chi connectivity index (χ0n) is 15.0. The molecule has 26 heavy (non-hydrogen) atoms. The molecule has 2 aromatic heterocycles. The van der Waals surface area contributed by atoms with Gasteiger partial charge in [0.2, 0.25) is 0 Å². The summed E-state index contributed by atoms with van der Waals surface area (Å²) in [6.07, 6.45) is 1.53.